The molecule has 4 nitrogen and oxygen atoms in total. The second kappa shape index (κ2) is 5.74. The van der Waals surface area contributed by atoms with E-state index < -0.39 is 11.4 Å². The van der Waals surface area contributed by atoms with Gasteiger partial charge in [0.1, 0.15) is 0 Å². The van der Waals surface area contributed by atoms with Crippen molar-refractivity contribution in [2.75, 3.05) is 5.32 Å². The average Bonchev–Trinajstić information content (AvgIpc) is 3.21. The number of aliphatic carboxylic acids is 1. The van der Waals surface area contributed by atoms with Crippen LogP contribution in [0.1, 0.15) is 25.3 Å². The van der Waals surface area contributed by atoms with E-state index >= 15 is 0 Å². The van der Waals surface area contributed by atoms with Crippen molar-refractivity contribution in [1.82, 2.24) is 0 Å². The summed E-state index contributed by atoms with van der Waals surface area (Å²) in [5.74, 6) is -0.987. The van der Waals surface area contributed by atoms with Crippen molar-refractivity contribution < 1.29 is 14.7 Å². The highest BCUT2D eigenvalue weighted by atomic mass is 16.4. The maximum Gasteiger partial charge on any atom is 0.314 e. The highest BCUT2D eigenvalue weighted by Gasteiger charge is 2.51. The van der Waals surface area contributed by atoms with E-state index in [2.05, 4.69) is 5.32 Å². The van der Waals surface area contributed by atoms with E-state index in [-0.39, 0.29) is 5.91 Å². The van der Waals surface area contributed by atoms with Crippen LogP contribution in [0.5, 0.6) is 0 Å². The zero-order valence-corrected chi connectivity index (χ0v) is 11.3. The Morgan fingerprint density at radius 3 is 2.35 bits per heavy atom. The number of carbonyl (C=O) groups excluding carboxylic acids is 1. The van der Waals surface area contributed by atoms with E-state index in [1.54, 1.807) is 36.4 Å². The number of allylic oxidation sites excluding steroid dienone is 3. The van der Waals surface area contributed by atoms with Gasteiger partial charge in [-0.25, -0.2) is 0 Å². The molecule has 0 bridgehead atoms. The summed E-state index contributed by atoms with van der Waals surface area (Å²) in [7, 11) is 0. The van der Waals surface area contributed by atoms with Crippen molar-refractivity contribution in [2.45, 2.75) is 25.2 Å². The largest absolute Gasteiger partial charge is 0.481 e. The molecular formula is C16H17NO3. The van der Waals surface area contributed by atoms with Gasteiger partial charge in [-0.2, -0.15) is 0 Å². The standard InChI is InChI=1S/C16H17NO3/c1-2-3-4-5-14(18)17-13-8-6-12(7-9-13)16(10-11-16)15(19)20/h2-9H,10-11H2,1H3,(H,17,18)(H,19,20). The summed E-state index contributed by atoms with van der Waals surface area (Å²) in [5.41, 5.74) is 0.756. The first-order chi connectivity index (χ1) is 9.58. The van der Waals surface area contributed by atoms with E-state index in [0.717, 1.165) is 5.56 Å². The molecule has 2 N–H and O–H groups in total. The van der Waals surface area contributed by atoms with Crippen LogP contribution in [-0.4, -0.2) is 17.0 Å². The Morgan fingerprint density at radius 1 is 1.20 bits per heavy atom. The molecule has 1 aliphatic rings. The molecule has 0 aromatic heterocycles. The minimum absolute atomic E-state index is 0.213. The fourth-order valence-corrected chi connectivity index (χ4v) is 2.06. The molecule has 1 aromatic carbocycles. The van der Waals surface area contributed by atoms with Crippen molar-refractivity contribution in [3.8, 4) is 0 Å². The Labute approximate surface area is 117 Å². The lowest BCUT2D eigenvalue weighted by atomic mass is 9.96. The van der Waals surface area contributed by atoms with Gasteiger partial charge in [-0.1, -0.05) is 30.4 Å². The van der Waals surface area contributed by atoms with Crippen LogP contribution in [0.2, 0.25) is 0 Å². The van der Waals surface area contributed by atoms with E-state index in [1.165, 1.54) is 6.08 Å². The quantitative estimate of drug-likeness (QED) is 0.639. The average molecular weight is 271 g/mol. The number of carboxylic acid groups (broad SMARTS) is 1. The lowest BCUT2D eigenvalue weighted by Crippen LogP contribution is -2.19. The van der Waals surface area contributed by atoms with Crippen molar-refractivity contribution >= 4 is 17.6 Å². The van der Waals surface area contributed by atoms with E-state index in [1.807, 2.05) is 13.0 Å². The molecule has 0 spiro atoms. The van der Waals surface area contributed by atoms with Crippen LogP contribution >= 0.6 is 0 Å². The molecule has 20 heavy (non-hydrogen) atoms. The van der Waals surface area contributed by atoms with Crippen molar-refractivity contribution in [3.05, 3.63) is 54.1 Å². The Morgan fingerprint density at radius 2 is 1.85 bits per heavy atom. The number of hydrogen-bond acceptors (Lipinski definition) is 2. The van der Waals surface area contributed by atoms with Crippen LogP contribution in [0.15, 0.2) is 48.6 Å². The predicted octanol–water partition coefficient (Wildman–Crippen LogP) is 2.87. The third-order valence-electron chi connectivity index (χ3n) is 3.42. The predicted molar refractivity (Wildman–Crippen MR) is 77.6 cm³/mol. The molecule has 2 rings (SSSR count). The molecule has 1 aliphatic carbocycles. The van der Waals surface area contributed by atoms with Gasteiger partial charge in [0.25, 0.3) is 0 Å². The molecule has 1 saturated carbocycles. The smallest absolute Gasteiger partial charge is 0.314 e. The Hall–Kier alpha value is -2.36. The normalized spacial score (nSPS) is 16.4. The number of amides is 1. The second-order valence-electron chi connectivity index (χ2n) is 4.84. The van der Waals surface area contributed by atoms with Gasteiger partial charge in [-0.15, -0.1) is 0 Å². The minimum Gasteiger partial charge on any atom is -0.481 e. The lowest BCUT2D eigenvalue weighted by Gasteiger charge is -2.10. The molecule has 1 aromatic rings. The molecule has 0 aliphatic heterocycles. The summed E-state index contributed by atoms with van der Waals surface area (Å²) in [4.78, 5) is 22.8. The monoisotopic (exact) mass is 271 g/mol. The Bertz CT molecular complexity index is 566. The van der Waals surface area contributed by atoms with E-state index in [4.69, 9.17) is 0 Å². The van der Waals surface area contributed by atoms with Gasteiger partial charge in [0.05, 0.1) is 5.41 Å². The summed E-state index contributed by atoms with van der Waals surface area (Å²) in [6.45, 7) is 1.87. The van der Waals surface area contributed by atoms with Gasteiger partial charge >= 0.3 is 5.97 Å². The zero-order chi connectivity index (χ0) is 14.6. The molecule has 1 amide bonds. The Kier molecular flexibility index (Phi) is 4.03. The van der Waals surface area contributed by atoms with E-state index in [9.17, 15) is 14.7 Å². The maximum absolute atomic E-state index is 11.6. The van der Waals surface area contributed by atoms with Crippen LogP contribution in [0, 0.1) is 0 Å². The third-order valence-corrected chi connectivity index (χ3v) is 3.42. The molecule has 0 saturated heterocycles. The fourth-order valence-electron chi connectivity index (χ4n) is 2.06. The molecular weight excluding hydrogens is 254 g/mol. The summed E-state index contributed by atoms with van der Waals surface area (Å²) >= 11 is 0. The van der Waals surface area contributed by atoms with Gasteiger partial charge < -0.3 is 10.4 Å². The SMILES string of the molecule is CC=CC=CC(=O)Nc1ccc(C2(C(=O)O)CC2)cc1. The second-order valence-corrected chi connectivity index (χ2v) is 4.84. The summed E-state index contributed by atoms with van der Waals surface area (Å²) in [5, 5.41) is 11.9. The molecule has 1 fully saturated rings. The number of carboxylic acids is 1. The number of carbonyl (C=O) groups is 2. The van der Waals surface area contributed by atoms with E-state index in [0.29, 0.717) is 18.5 Å². The van der Waals surface area contributed by atoms with Gasteiger partial charge in [0.15, 0.2) is 0 Å². The number of anilines is 1. The van der Waals surface area contributed by atoms with Crippen LogP contribution in [0.4, 0.5) is 5.69 Å². The third kappa shape index (κ3) is 2.96. The summed E-state index contributed by atoms with van der Waals surface area (Å²) in [6.07, 6.45) is 8.06. The molecule has 0 radical (unpaired) electrons. The Balaban J connectivity index is 2.02. The van der Waals surface area contributed by atoms with Crippen LogP contribution in [0.25, 0.3) is 0 Å². The highest BCUT2D eigenvalue weighted by molar-refractivity contribution is 5.99. The topological polar surface area (TPSA) is 66.4 Å². The number of nitrogens with one attached hydrogen (secondary N) is 1. The van der Waals surface area contributed by atoms with Gasteiger partial charge in [0, 0.05) is 11.8 Å². The fraction of sp³-hybridized carbons (Fsp3) is 0.250. The lowest BCUT2D eigenvalue weighted by molar-refractivity contribution is -0.140. The van der Waals surface area contributed by atoms with Crippen molar-refractivity contribution in [1.29, 1.82) is 0 Å². The first-order valence-electron chi connectivity index (χ1n) is 6.53. The van der Waals surface area contributed by atoms with Gasteiger partial charge in [0.2, 0.25) is 5.91 Å². The number of hydrogen-bond donors (Lipinski definition) is 2. The van der Waals surface area contributed by atoms with Gasteiger partial charge in [-0.05, 0) is 37.5 Å². The molecule has 0 heterocycles. The highest BCUT2D eigenvalue weighted by Crippen LogP contribution is 2.48. The first-order valence-corrected chi connectivity index (χ1v) is 6.53. The maximum atomic E-state index is 11.6. The van der Waals surface area contributed by atoms with Crippen LogP contribution in [-0.2, 0) is 15.0 Å². The first kappa shape index (κ1) is 14.1. The molecule has 104 valence electrons. The zero-order valence-electron chi connectivity index (χ0n) is 11.3. The number of rotatable bonds is 5. The molecule has 0 atom stereocenters. The van der Waals surface area contributed by atoms with Crippen molar-refractivity contribution in [2.24, 2.45) is 0 Å². The summed E-state index contributed by atoms with van der Waals surface area (Å²) < 4.78 is 0. The van der Waals surface area contributed by atoms with Crippen LogP contribution < -0.4 is 5.32 Å². The number of benzene rings is 1. The van der Waals surface area contributed by atoms with Crippen LogP contribution in [0.3, 0.4) is 0 Å². The minimum atomic E-state index is -0.774. The van der Waals surface area contributed by atoms with Gasteiger partial charge in [-0.3, -0.25) is 9.59 Å². The summed E-state index contributed by atoms with van der Waals surface area (Å²) in [6, 6.07) is 7.01. The molecule has 0 unspecified atom stereocenters. The van der Waals surface area contributed by atoms with Crippen molar-refractivity contribution in [3.63, 3.8) is 0 Å². The molecule has 4 heteroatoms.